The van der Waals surface area contributed by atoms with Gasteiger partial charge >= 0.3 is 4.87 Å². The van der Waals surface area contributed by atoms with Crippen LogP contribution < -0.4 is 10.4 Å². The van der Waals surface area contributed by atoms with E-state index in [1.807, 2.05) is 12.3 Å². The predicted molar refractivity (Wildman–Crippen MR) is 61.8 cm³/mol. The summed E-state index contributed by atoms with van der Waals surface area (Å²) in [6.07, 6.45) is 2.94. The normalized spacial score (nSPS) is 10.6. The molecule has 0 radical (unpaired) electrons. The summed E-state index contributed by atoms with van der Waals surface area (Å²) in [4.78, 5) is 26.7. The maximum absolute atomic E-state index is 11.4. The molecule has 0 saturated carbocycles. The zero-order chi connectivity index (χ0) is 11.5. The van der Waals surface area contributed by atoms with Crippen molar-refractivity contribution in [1.29, 1.82) is 0 Å². The second kappa shape index (κ2) is 4.44. The summed E-state index contributed by atoms with van der Waals surface area (Å²) in [5, 5.41) is 1.81. The lowest BCUT2D eigenvalue weighted by Gasteiger charge is -2.06. The van der Waals surface area contributed by atoms with Crippen molar-refractivity contribution in [3.63, 3.8) is 0 Å². The molecule has 0 N–H and O–H groups in total. The van der Waals surface area contributed by atoms with Crippen LogP contribution in [0.5, 0.6) is 0 Å². The molecule has 6 heteroatoms. The highest BCUT2D eigenvalue weighted by atomic mass is 32.1. The summed E-state index contributed by atoms with van der Waals surface area (Å²) in [6, 6.07) is 1.41. The van der Waals surface area contributed by atoms with Gasteiger partial charge in [-0.3, -0.25) is 14.2 Å². The van der Waals surface area contributed by atoms with Crippen LogP contribution in [0, 0.1) is 6.92 Å². The third-order valence-electron chi connectivity index (χ3n) is 2.33. The number of aromatic nitrogens is 3. The number of aryl methyl sites for hydroxylation is 2. The van der Waals surface area contributed by atoms with Crippen LogP contribution >= 0.6 is 11.3 Å². The molecule has 0 aliphatic heterocycles. The summed E-state index contributed by atoms with van der Waals surface area (Å²) in [7, 11) is 0. The molecule has 0 fully saturated rings. The SMILES string of the molecule is Cc1csc(=O)n1CCn1cnccc1=O. The van der Waals surface area contributed by atoms with Crippen LogP contribution in [-0.4, -0.2) is 14.1 Å². The second-order valence-electron chi connectivity index (χ2n) is 3.41. The molecule has 5 nitrogen and oxygen atoms in total. The number of nitrogens with zero attached hydrogens (tertiary/aromatic N) is 3. The van der Waals surface area contributed by atoms with E-state index in [1.54, 1.807) is 4.57 Å². The van der Waals surface area contributed by atoms with Gasteiger partial charge in [0.05, 0.1) is 6.33 Å². The van der Waals surface area contributed by atoms with Crippen molar-refractivity contribution in [3.05, 3.63) is 49.7 Å². The smallest absolute Gasteiger partial charge is 0.302 e. The van der Waals surface area contributed by atoms with E-state index in [0.29, 0.717) is 13.1 Å². The summed E-state index contributed by atoms with van der Waals surface area (Å²) >= 11 is 1.17. The Morgan fingerprint density at radius 2 is 2.19 bits per heavy atom. The molecule has 0 aromatic carbocycles. The largest absolute Gasteiger partial charge is 0.307 e. The van der Waals surface area contributed by atoms with Gasteiger partial charge in [0.2, 0.25) is 0 Å². The minimum Gasteiger partial charge on any atom is -0.302 e. The van der Waals surface area contributed by atoms with E-state index >= 15 is 0 Å². The van der Waals surface area contributed by atoms with Gasteiger partial charge in [-0.1, -0.05) is 11.3 Å². The topological polar surface area (TPSA) is 56.9 Å². The van der Waals surface area contributed by atoms with Crippen LogP contribution in [0.3, 0.4) is 0 Å². The minimum atomic E-state index is -0.101. The summed E-state index contributed by atoms with van der Waals surface area (Å²) in [5.74, 6) is 0. The van der Waals surface area contributed by atoms with Crippen LogP contribution in [0.2, 0.25) is 0 Å². The molecule has 0 aliphatic rings. The molecule has 0 unspecified atom stereocenters. The van der Waals surface area contributed by atoms with Crippen molar-refractivity contribution in [2.24, 2.45) is 0 Å². The Morgan fingerprint density at radius 3 is 2.81 bits per heavy atom. The summed E-state index contributed by atoms with van der Waals surface area (Å²) in [6.45, 7) is 2.84. The molecule has 84 valence electrons. The van der Waals surface area contributed by atoms with Gasteiger partial charge in [-0.25, -0.2) is 4.98 Å². The molecule has 0 atom stereocenters. The standard InChI is InChI=1S/C10H11N3O2S/c1-8-6-16-10(15)13(8)5-4-12-7-11-3-2-9(12)14/h2-3,6-7H,4-5H2,1H3. The Bertz CT molecular complexity index is 596. The molecule has 0 amide bonds. The molecular weight excluding hydrogens is 226 g/mol. The van der Waals surface area contributed by atoms with Crippen molar-refractivity contribution < 1.29 is 0 Å². The van der Waals surface area contributed by atoms with Crippen LogP contribution in [0.25, 0.3) is 0 Å². The van der Waals surface area contributed by atoms with Crippen molar-refractivity contribution in [2.45, 2.75) is 20.0 Å². The van der Waals surface area contributed by atoms with E-state index in [1.165, 1.54) is 34.5 Å². The van der Waals surface area contributed by atoms with Gasteiger partial charge in [0.1, 0.15) is 0 Å². The Kier molecular flexibility index (Phi) is 3.00. The molecule has 2 aromatic heterocycles. The Labute approximate surface area is 95.6 Å². The van der Waals surface area contributed by atoms with Crippen molar-refractivity contribution in [1.82, 2.24) is 14.1 Å². The fraction of sp³-hybridized carbons (Fsp3) is 0.300. The lowest BCUT2D eigenvalue weighted by molar-refractivity contribution is 0.545. The minimum absolute atomic E-state index is 0.00874. The Morgan fingerprint density at radius 1 is 1.38 bits per heavy atom. The third kappa shape index (κ3) is 2.11. The third-order valence-corrected chi connectivity index (χ3v) is 3.21. The molecule has 2 aromatic rings. The number of thiazole rings is 1. The van der Waals surface area contributed by atoms with Crippen molar-refractivity contribution in [2.75, 3.05) is 0 Å². The van der Waals surface area contributed by atoms with E-state index in [4.69, 9.17) is 0 Å². The molecule has 16 heavy (non-hydrogen) atoms. The predicted octanol–water partition coefficient (Wildman–Crippen LogP) is 0.475. The molecule has 0 saturated heterocycles. The first-order valence-corrected chi connectivity index (χ1v) is 5.72. The van der Waals surface area contributed by atoms with E-state index in [2.05, 4.69) is 4.98 Å². The maximum Gasteiger partial charge on any atom is 0.307 e. The molecule has 2 rings (SSSR count). The monoisotopic (exact) mass is 237 g/mol. The van der Waals surface area contributed by atoms with Gasteiger partial charge < -0.3 is 4.57 Å². The second-order valence-corrected chi connectivity index (χ2v) is 4.23. The fourth-order valence-electron chi connectivity index (χ4n) is 1.43. The van der Waals surface area contributed by atoms with Gasteiger partial charge in [0.25, 0.3) is 5.56 Å². The van der Waals surface area contributed by atoms with E-state index < -0.39 is 0 Å². The lowest BCUT2D eigenvalue weighted by Crippen LogP contribution is -2.24. The molecule has 2 heterocycles. The molecule has 0 aliphatic carbocycles. The zero-order valence-electron chi connectivity index (χ0n) is 8.79. The van der Waals surface area contributed by atoms with Crippen molar-refractivity contribution in [3.8, 4) is 0 Å². The first-order valence-electron chi connectivity index (χ1n) is 4.84. The molecular formula is C10H11N3O2S. The zero-order valence-corrected chi connectivity index (χ0v) is 9.61. The van der Waals surface area contributed by atoms with Gasteiger partial charge in [0.15, 0.2) is 0 Å². The average molecular weight is 237 g/mol. The Hall–Kier alpha value is -1.69. The first kappa shape index (κ1) is 10.8. The fourth-order valence-corrected chi connectivity index (χ4v) is 2.19. The highest BCUT2D eigenvalue weighted by molar-refractivity contribution is 7.07. The molecule has 0 spiro atoms. The van der Waals surface area contributed by atoms with Crippen LogP contribution in [0.15, 0.2) is 33.6 Å². The quantitative estimate of drug-likeness (QED) is 0.780. The number of hydrogen-bond acceptors (Lipinski definition) is 4. The van der Waals surface area contributed by atoms with Crippen LogP contribution in [0.4, 0.5) is 0 Å². The highest BCUT2D eigenvalue weighted by Crippen LogP contribution is 1.99. The van der Waals surface area contributed by atoms with Crippen LogP contribution in [-0.2, 0) is 13.1 Å². The number of hydrogen-bond donors (Lipinski definition) is 0. The van der Waals surface area contributed by atoms with Gasteiger partial charge in [0, 0.05) is 36.4 Å². The summed E-state index contributed by atoms with van der Waals surface area (Å²) in [5.41, 5.74) is 0.822. The van der Waals surface area contributed by atoms with E-state index in [-0.39, 0.29) is 10.4 Å². The van der Waals surface area contributed by atoms with Gasteiger partial charge in [-0.2, -0.15) is 0 Å². The van der Waals surface area contributed by atoms with Gasteiger partial charge in [-0.15, -0.1) is 0 Å². The lowest BCUT2D eigenvalue weighted by atomic mass is 10.5. The van der Waals surface area contributed by atoms with Crippen molar-refractivity contribution >= 4 is 11.3 Å². The maximum atomic E-state index is 11.4. The molecule has 0 bridgehead atoms. The first-order chi connectivity index (χ1) is 7.68. The van der Waals surface area contributed by atoms with Crippen LogP contribution in [0.1, 0.15) is 5.69 Å². The van der Waals surface area contributed by atoms with Gasteiger partial charge in [-0.05, 0) is 6.92 Å². The number of rotatable bonds is 3. The van der Waals surface area contributed by atoms with E-state index in [9.17, 15) is 9.59 Å². The highest BCUT2D eigenvalue weighted by Gasteiger charge is 2.02. The van der Waals surface area contributed by atoms with E-state index in [0.717, 1.165) is 5.69 Å². The average Bonchev–Trinajstić information content (AvgIpc) is 2.58. The Balaban J connectivity index is 2.17. The summed E-state index contributed by atoms with van der Waals surface area (Å²) < 4.78 is 3.15.